The molecule has 0 unspecified atom stereocenters. The quantitative estimate of drug-likeness (QED) is 0.710. The number of aromatic nitrogens is 3. The van der Waals surface area contributed by atoms with Crippen molar-refractivity contribution >= 4 is 17.1 Å². The Hall–Kier alpha value is -2.96. The molecule has 0 fully saturated rings. The summed E-state index contributed by atoms with van der Waals surface area (Å²) in [6.07, 6.45) is 2.06. The van der Waals surface area contributed by atoms with Crippen molar-refractivity contribution in [3.8, 4) is 0 Å². The topological polar surface area (TPSA) is 68.9 Å². The maximum absolute atomic E-state index is 13.2. The van der Waals surface area contributed by atoms with E-state index in [1.165, 1.54) is 12.1 Å². The second kappa shape index (κ2) is 7.96. The molecule has 28 heavy (non-hydrogen) atoms. The van der Waals surface area contributed by atoms with Crippen LogP contribution in [0.5, 0.6) is 0 Å². The molecule has 1 N–H and O–H groups in total. The molecule has 1 amide bonds. The van der Waals surface area contributed by atoms with Gasteiger partial charge in [0.05, 0.1) is 12.1 Å². The first-order chi connectivity index (χ1) is 13.2. The van der Waals surface area contributed by atoms with Gasteiger partial charge >= 0.3 is 5.69 Å². The molecule has 0 bridgehead atoms. The molecule has 6 nitrogen and oxygen atoms in total. The average molecular weight is 384 g/mol. The van der Waals surface area contributed by atoms with Gasteiger partial charge in [-0.25, -0.2) is 14.2 Å². The molecule has 2 aromatic heterocycles. The third-order valence-electron chi connectivity index (χ3n) is 4.38. The van der Waals surface area contributed by atoms with Gasteiger partial charge in [-0.05, 0) is 35.2 Å². The lowest BCUT2D eigenvalue weighted by atomic mass is 9.92. The first kappa shape index (κ1) is 19.8. The fourth-order valence-electron chi connectivity index (χ4n) is 3.12. The number of fused-ring (bicyclic) bond motifs is 1. The van der Waals surface area contributed by atoms with E-state index in [1.807, 2.05) is 26.8 Å². The normalized spacial score (nSPS) is 11.7. The van der Waals surface area contributed by atoms with E-state index in [0.29, 0.717) is 37.2 Å². The van der Waals surface area contributed by atoms with Crippen molar-refractivity contribution in [1.29, 1.82) is 0 Å². The lowest BCUT2D eigenvalue weighted by Crippen LogP contribution is -2.33. The van der Waals surface area contributed by atoms with E-state index in [-0.39, 0.29) is 22.8 Å². The molecule has 0 radical (unpaired) electrons. The summed E-state index contributed by atoms with van der Waals surface area (Å²) >= 11 is 0. The van der Waals surface area contributed by atoms with Crippen LogP contribution in [-0.2, 0) is 17.9 Å². The number of rotatable bonds is 6. The Labute approximate surface area is 163 Å². The summed E-state index contributed by atoms with van der Waals surface area (Å²) < 4.78 is 16.3. The molecule has 0 spiro atoms. The van der Waals surface area contributed by atoms with Crippen LogP contribution in [0.3, 0.4) is 0 Å². The summed E-state index contributed by atoms with van der Waals surface area (Å²) in [5.41, 5.74) is 1.80. The second-order valence-electron chi connectivity index (χ2n) is 8.08. The summed E-state index contributed by atoms with van der Waals surface area (Å²) in [7, 11) is 0. The lowest BCUT2D eigenvalue weighted by Gasteiger charge is -2.17. The fourth-order valence-corrected chi connectivity index (χ4v) is 3.12. The summed E-state index contributed by atoms with van der Waals surface area (Å²) in [6.45, 7) is 7.02. The van der Waals surface area contributed by atoms with E-state index >= 15 is 0 Å². The first-order valence-electron chi connectivity index (χ1n) is 9.30. The molecule has 0 atom stereocenters. The van der Waals surface area contributed by atoms with Crippen molar-refractivity contribution in [2.45, 2.75) is 40.3 Å². The highest BCUT2D eigenvalue weighted by atomic mass is 19.1. The summed E-state index contributed by atoms with van der Waals surface area (Å²) in [5.74, 6) is -0.352. The van der Waals surface area contributed by atoms with Crippen LogP contribution >= 0.6 is 0 Å². The van der Waals surface area contributed by atoms with Gasteiger partial charge in [0.1, 0.15) is 5.82 Å². The summed E-state index contributed by atoms with van der Waals surface area (Å²) in [4.78, 5) is 29.3. The maximum atomic E-state index is 13.2. The van der Waals surface area contributed by atoms with Crippen LogP contribution in [0.1, 0.15) is 32.8 Å². The predicted molar refractivity (Wildman–Crippen MR) is 107 cm³/mol. The largest absolute Gasteiger partial charge is 0.354 e. The number of benzene rings is 1. The molecule has 2 heterocycles. The van der Waals surface area contributed by atoms with E-state index in [4.69, 9.17) is 0 Å². The van der Waals surface area contributed by atoms with Crippen molar-refractivity contribution in [1.82, 2.24) is 19.4 Å². The Morgan fingerprint density at radius 2 is 1.86 bits per heavy atom. The minimum absolute atomic E-state index is 0.0384. The van der Waals surface area contributed by atoms with Crippen LogP contribution in [0.15, 0.2) is 47.4 Å². The van der Waals surface area contributed by atoms with Crippen molar-refractivity contribution < 1.29 is 9.18 Å². The smallest absolute Gasteiger partial charge is 0.330 e. The van der Waals surface area contributed by atoms with E-state index < -0.39 is 0 Å². The zero-order valence-electron chi connectivity index (χ0n) is 16.4. The van der Waals surface area contributed by atoms with Gasteiger partial charge in [-0.2, -0.15) is 0 Å². The van der Waals surface area contributed by atoms with Crippen LogP contribution in [0.25, 0.3) is 11.2 Å². The number of hydrogen-bond acceptors (Lipinski definition) is 3. The standard InChI is InChI=1S/C21H25FN4O2/c1-21(2,3)13-18(27)23-11-12-25-19-17(5-4-10-24-19)26(20(25)28)14-15-6-8-16(22)9-7-15/h4-10H,11-14H2,1-3H3,(H,23,27). The van der Waals surface area contributed by atoms with Crippen molar-refractivity contribution in [2.75, 3.05) is 6.54 Å². The molecule has 3 rings (SSSR count). The Kier molecular flexibility index (Phi) is 5.63. The molecular weight excluding hydrogens is 359 g/mol. The second-order valence-corrected chi connectivity index (χ2v) is 8.08. The molecule has 0 aliphatic heterocycles. The molecule has 1 aromatic carbocycles. The Morgan fingerprint density at radius 1 is 1.14 bits per heavy atom. The number of nitrogens with one attached hydrogen (secondary N) is 1. The number of carbonyl (C=O) groups is 1. The monoisotopic (exact) mass is 384 g/mol. The van der Waals surface area contributed by atoms with Gasteiger partial charge < -0.3 is 5.32 Å². The third-order valence-corrected chi connectivity index (χ3v) is 4.38. The molecule has 0 saturated carbocycles. The zero-order chi connectivity index (χ0) is 20.3. The van der Waals surface area contributed by atoms with E-state index in [0.717, 1.165) is 5.56 Å². The number of halogens is 1. The highest BCUT2D eigenvalue weighted by Crippen LogP contribution is 2.17. The van der Waals surface area contributed by atoms with Gasteiger partial charge in [-0.1, -0.05) is 32.9 Å². The minimum atomic E-state index is -0.314. The first-order valence-corrected chi connectivity index (χ1v) is 9.30. The highest BCUT2D eigenvalue weighted by Gasteiger charge is 2.17. The molecule has 7 heteroatoms. The Balaban J connectivity index is 1.81. The SMILES string of the molecule is CC(C)(C)CC(=O)NCCn1c(=O)n(Cc2ccc(F)cc2)c2cccnc21. The summed E-state index contributed by atoms with van der Waals surface area (Å²) in [6, 6.07) is 9.69. The number of nitrogens with zero attached hydrogens (tertiary/aromatic N) is 3. The highest BCUT2D eigenvalue weighted by molar-refractivity contribution is 5.76. The molecule has 0 saturated heterocycles. The Morgan fingerprint density at radius 3 is 2.54 bits per heavy atom. The minimum Gasteiger partial charge on any atom is -0.354 e. The molecule has 0 aliphatic carbocycles. The zero-order valence-corrected chi connectivity index (χ0v) is 16.4. The van der Waals surface area contributed by atoms with Gasteiger partial charge in [-0.3, -0.25) is 13.9 Å². The van der Waals surface area contributed by atoms with Crippen LogP contribution in [0.2, 0.25) is 0 Å². The van der Waals surface area contributed by atoms with Crippen LogP contribution in [0.4, 0.5) is 4.39 Å². The van der Waals surface area contributed by atoms with Gasteiger partial charge in [-0.15, -0.1) is 0 Å². The maximum Gasteiger partial charge on any atom is 0.330 e. The molecular formula is C21H25FN4O2. The van der Waals surface area contributed by atoms with Gasteiger partial charge in [0.25, 0.3) is 0 Å². The van der Waals surface area contributed by atoms with Crippen molar-refractivity contribution in [3.05, 3.63) is 64.5 Å². The van der Waals surface area contributed by atoms with Crippen LogP contribution < -0.4 is 11.0 Å². The van der Waals surface area contributed by atoms with Gasteiger partial charge in [0.2, 0.25) is 5.91 Å². The van der Waals surface area contributed by atoms with E-state index in [2.05, 4.69) is 10.3 Å². The molecule has 148 valence electrons. The molecule has 0 aliphatic rings. The molecule has 3 aromatic rings. The van der Waals surface area contributed by atoms with Crippen LogP contribution in [0, 0.1) is 11.2 Å². The number of hydrogen-bond donors (Lipinski definition) is 1. The van der Waals surface area contributed by atoms with Crippen LogP contribution in [-0.4, -0.2) is 26.6 Å². The van der Waals surface area contributed by atoms with E-state index in [9.17, 15) is 14.0 Å². The Bertz CT molecular complexity index is 1030. The van der Waals surface area contributed by atoms with Crippen molar-refractivity contribution in [2.24, 2.45) is 5.41 Å². The van der Waals surface area contributed by atoms with Gasteiger partial charge in [0, 0.05) is 25.7 Å². The lowest BCUT2D eigenvalue weighted by molar-refractivity contribution is -0.122. The number of imidazole rings is 1. The van der Waals surface area contributed by atoms with E-state index in [1.54, 1.807) is 33.5 Å². The number of carbonyl (C=O) groups excluding carboxylic acids is 1. The summed E-state index contributed by atoms with van der Waals surface area (Å²) in [5, 5.41) is 2.87. The predicted octanol–water partition coefficient (Wildman–Crippen LogP) is 2.94. The van der Waals surface area contributed by atoms with Crippen molar-refractivity contribution in [3.63, 3.8) is 0 Å². The average Bonchev–Trinajstić information content (AvgIpc) is 2.88. The van der Waals surface area contributed by atoms with Gasteiger partial charge in [0.15, 0.2) is 5.65 Å². The number of pyridine rings is 1. The fraction of sp³-hybridized carbons (Fsp3) is 0.381. The third kappa shape index (κ3) is 4.65. The number of amides is 1.